The summed E-state index contributed by atoms with van der Waals surface area (Å²) in [5, 5.41) is 3.89. The summed E-state index contributed by atoms with van der Waals surface area (Å²) in [6.45, 7) is 0. The van der Waals surface area contributed by atoms with Gasteiger partial charge < -0.3 is 9.73 Å². The van der Waals surface area contributed by atoms with Crippen LogP contribution in [0.1, 0.15) is 17.4 Å². The second-order valence-corrected chi connectivity index (χ2v) is 4.22. The number of halogens is 1. The van der Waals surface area contributed by atoms with Gasteiger partial charge in [0.15, 0.2) is 0 Å². The molecule has 0 amide bonds. The van der Waals surface area contributed by atoms with E-state index >= 15 is 0 Å². The normalized spacial score (nSPS) is 12.7. The molecule has 0 aliphatic carbocycles. The summed E-state index contributed by atoms with van der Waals surface area (Å²) in [6.07, 6.45) is 4.92. The fraction of sp³-hybridized carbons (Fsp3) is 0.143. The molecule has 2 heterocycles. The van der Waals surface area contributed by atoms with Crippen LogP contribution in [0.2, 0.25) is 0 Å². The van der Waals surface area contributed by atoms with E-state index in [4.69, 9.17) is 4.42 Å². The van der Waals surface area contributed by atoms with Crippen LogP contribution < -0.4 is 5.32 Å². The van der Waals surface area contributed by atoms with E-state index in [1.165, 1.54) is 18.5 Å². The van der Waals surface area contributed by atoms with Gasteiger partial charge in [-0.05, 0) is 31.3 Å². The van der Waals surface area contributed by atoms with Crippen molar-refractivity contribution >= 4 is 11.0 Å². The van der Waals surface area contributed by atoms with Crippen LogP contribution in [0.15, 0.2) is 47.4 Å². The Kier molecular flexibility index (Phi) is 2.97. The summed E-state index contributed by atoms with van der Waals surface area (Å²) in [5.74, 6) is 0.432. The Morgan fingerprint density at radius 1 is 1.21 bits per heavy atom. The van der Waals surface area contributed by atoms with Gasteiger partial charge in [-0.3, -0.25) is 0 Å². The number of nitrogens with one attached hydrogen (secondary N) is 1. The summed E-state index contributed by atoms with van der Waals surface area (Å²) >= 11 is 0. The predicted molar refractivity (Wildman–Crippen MR) is 69.1 cm³/mol. The molecule has 0 radical (unpaired) electrons. The van der Waals surface area contributed by atoms with Crippen molar-refractivity contribution in [1.29, 1.82) is 0 Å². The van der Waals surface area contributed by atoms with E-state index in [1.54, 1.807) is 18.5 Å². The molecule has 1 unspecified atom stereocenters. The highest BCUT2D eigenvalue weighted by molar-refractivity contribution is 5.78. The number of nitrogens with zero attached hydrogens (tertiary/aromatic N) is 2. The zero-order chi connectivity index (χ0) is 13.2. The highest BCUT2D eigenvalue weighted by Crippen LogP contribution is 2.27. The van der Waals surface area contributed by atoms with Gasteiger partial charge in [0.2, 0.25) is 0 Å². The molecule has 0 aliphatic heterocycles. The SMILES string of the molecule is CNC(c1cncnc1)c1cc2cc(F)ccc2o1. The van der Waals surface area contributed by atoms with Crippen LogP contribution in [0, 0.1) is 5.82 Å². The molecule has 1 aromatic carbocycles. The molecule has 0 aliphatic rings. The molecule has 0 bridgehead atoms. The highest BCUT2D eigenvalue weighted by atomic mass is 19.1. The minimum atomic E-state index is -0.274. The number of aromatic nitrogens is 2. The molecule has 0 fully saturated rings. The largest absolute Gasteiger partial charge is 0.459 e. The molecule has 19 heavy (non-hydrogen) atoms. The maximum absolute atomic E-state index is 13.2. The predicted octanol–water partition coefficient (Wildman–Crippen LogP) is 2.67. The van der Waals surface area contributed by atoms with Crippen molar-refractivity contribution in [2.45, 2.75) is 6.04 Å². The smallest absolute Gasteiger partial charge is 0.134 e. The van der Waals surface area contributed by atoms with Crippen molar-refractivity contribution < 1.29 is 8.81 Å². The van der Waals surface area contributed by atoms with E-state index < -0.39 is 0 Å². The summed E-state index contributed by atoms with van der Waals surface area (Å²) in [6, 6.07) is 6.14. The van der Waals surface area contributed by atoms with Crippen molar-refractivity contribution in [3.63, 3.8) is 0 Å². The molecule has 3 rings (SSSR count). The molecular formula is C14H12FN3O. The summed E-state index contributed by atoms with van der Waals surface area (Å²) < 4.78 is 18.9. The minimum absolute atomic E-state index is 0.156. The van der Waals surface area contributed by atoms with Crippen LogP contribution in [0.3, 0.4) is 0 Å². The monoisotopic (exact) mass is 257 g/mol. The van der Waals surface area contributed by atoms with Crippen molar-refractivity contribution in [2.24, 2.45) is 0 Å². The zero-order valence-electron chi connectivity index (χ0n) is 10.3. The molecule has 1 atom stereocenters. The second-order valence-electron chi connectivity index (χ2n) is 4.22. The average molecular weight is 257 g/mol. The lowest BCUT2D eigenvalue weighted by molar-refractivity contribution is 0.490. The molecule has 1 N–H and O–H groups in total. The van der Waals surface area contributed by atoms with Crippen LogP contribution in [0.5, 0.6) is 0 Å². The van der Waals surface area contributed by atoms with Gasteiger partial charge in [-0.1, -0.05) is 0 Å². The Balaban J connectivity index is 2.07. The number of hydrogen-bond acceptors (Lipinski definition) is 4. The van der Waals surface area contributed by atoms with Crippen LogP contribution >= 0.6 is 0 Å². The highest BCUT2D eigenvalue weighted by Gasteiger charge is 2.17. The van der Waals surface area contributed by atoms with Gasteiger partial charge in [-0.15, -0.1) is 0 Å². The Morgan fingerprint density at radius 3 is 2.74 bits per heavy atom. The number of fused-ring (bicyclic) bond motifs is 1. The van der Waals surface area contributed by atoms with E-state index in [9.17, 15) is 4.39 Å². The van der Waals surface area contributed by atoms with Crippen molar-refractivity contribution in [1.82, 2.24) is 15.3 Å². The van der Waals surface area contributed by atoms with Crippen molar-refractivity contribution in [3.05, 3.63) is 60.1 Å². The van der Waals surface area contributed by atoms with Gasteiger partial charge in [-0.25, -0.2) is 14.4 Å². The van der Waals surface area contributed by atoms with E-state index in [0.717, 1.165) is 10.9 Å². The lowest BCUT2D eigenvalue weighted by Crippen LogP contribution is -2.17. The third-order valence-electron chi connectivity index (χ3n) is 2.98. The van der Waals surface area contributed by atoms with Crippen molar-refractivity contribution in [3.8, 4) is 0 Å². The van der Waals surface area contributed by atoms with Crippen LogP contribution in [0.25, 0.3) is 11.0 Å². The Morgan fingerprint density at radius 2 is 2.00 bits per heavy atom. The zero-order valence-corrected chi connectivity index (χ0v) is 10.3. The third-order valence-corrected chi connectivity index (χ3v) is 2.98. The first-order valence-corrected chi connectivity index (χ1v) is 5.89. The summed E-state index contributed by atoms with van der Waals surface area (Å²) in [5.41, 5.74) is 1.55. The maximum atomic E-state index is 13.2. The third kappa shape index (κ3) is 2.20. The molecule has 0 saturated heterocycles. The van der Waals surface area contributed by atoms with Crippen LogP contribution in [-0.4, -0.2) is 17.0 Å². The van der Waals surface area contributed by atoms with E-state index in [-0.39, 0.29) is 11.9 Å². The fourth-order valence-electron chi connectivity index (χ4n) is 2.11. The Labute approximate surface area is 109 Å². The van der Waals surface area contributed by atoms with E-state index in [1.807, 2.05) is 13.1 Å². The van der Waals surface area contributed by atoms with Gasteiger partial charge in [-0.2, -0.15) is 0 Å². The summed E-state index contributed by atoms with van der Waals surface area (Å²) in [7, 11) is 1.82. The quantitative estimate of drug-likeness (QED) is 0.783. The lowest BCUT2D eigenvalue weighted by Gasteiger charge is -2.12. The van der Waals surface area contributed by atoms with Gasteiger partial charge >= 0.3 is 0 Å². The molecule has 0 spiro atoms. The Hall–Kier alpha value is -2.27. The minimum Gasteiger partial charge on any atom is -0.459 e. The molecule has 96 valence electrons. The van der Waals surface area contributed by atoms with E-state index in [2.05, 4.69) is 15.3 Å². The lowest BCUT2D eigenvalue weighted by atomic mass is 10.1. The second kappa shape index (κ2) is 4.78. The molecule has 4 nitrogen and oxygen atoms in total. The van der Waals surface area contributed by atoms with Crippen molar-refractivity contribution in [2.75, 3.05) is 7.05 Å². The first-order valence-electron chi connectivity index (χ1n) is 5.89. The fourth-order valence-corrected chi connectivity index (χ4v) is 2.11. The number of furan rings is 1. The Bertz CT molecular complexity index is 696. The molecule has 0 saturated carbocycles. The number of rotatable bonds is 3. The van der Waals surface area contributed by atoms with Crippen LogP contribution in [0.4, 0.5) is 4.39 Å². The molecule has 5 heteroatoms. The van der Waals surface area contributed by atoms with Gasteiger partial charge in [0.05, 0.1) is 6.04 Å². The molecule has 3 aromatic rings. The standard InChI is InChI=1S/C14H12FN3O/c1-16-14(10-6-17-8-18-7-10)13-5-9-4-11(15)2-3-12(9)19-13/h2-8,14,16H,1H3. The van der Waals surface area contributed by atoms with Gasteiger partial charge in [0.25, 0.3) is 0 Å². The number of hydrogen-bond donors (Lipinski definition) is 1. The maximum Gasteiger partial charge on any atom is 0.134 e. The molecular weight excluding hydrogens is 245 g/mol. The van der Waals surface area contributed by atoms with Gasteiger partial charge in [0, 0.05) is 23.3 Å². The van der Waals surface area contributed by atoms with Crippen LogP contribution in [-0.2, 0) is 0 Å². The first-order chi connectivity index (χ1) is 9.28. The number of benzene rings is 1. The first kappa shape index (κ1) is 11.8. The average Bonchev–Trinajstić information content (AvgIpc) is 2.83. The van der Waals surface area contributed by atoms with Gasteiger partial charge in [0.1, 0.15) is 23.5 Å². The van der Waals surface area contributed by atoms with E-state index in [0.29, 0.717) is 11.3 Å². The topological polar surface area (TPSA) is 51.0 Å². The molecule has 2 aromatic heterocycles. The summed E-state index contributed by atoms with van der Waals surface area (Å²) in [4.78, 5) is 7.99.